The first-order valence-corrected chi connectivity index (χ1v) is 11.8. The molecule has 4 aromatic rings. The Kier molecular flexibility index (Phi) is 5.73. The number of hydrogen-bond donors (Lipinski definition) is 2. The standard InChI is InChI=1S/C28H26N4O2.H3N/c1-32-26(14-23-15-29-17-25(31-23)21-6-7-21)24(16-30-32)20-4-2-18(3-5-20)19-8-10-22(11-9-19)28(12-13-28)27(33)34;/h2-5,8-11,15-17,21H,6-7,12-14H2,1H3,(H,33,34);1H3. The molecule has 4 N–H and O–H groups in total. The highest BCUT2D eigenvalue weighted by atomic mass is 16.4. The van der Waals surface area contributed by atoms with Gasteiger partial charge in [-0.3, -0.25) is 19.4 Å². The van der Waals surface area contributed by atoms with Gasteiger partial charge in [0.1, 0.15) is 0 Å². The van der Waals surface area contributed by atoms with Gasteiger partial charge in [0.25, 0.3) is 0 Å². The second kappa shape index (κ2) is 8.74. The molecular formula is C28H29N5O2. The maximum absolute atomic E-state index is 11.6. The molecule has 0 atom stereocenters. The third-order valence-electron chi connectivity index (χ3n) is 7.23. The van der Waals surface area contributed by atoms with Gasteiger partial charge in [-0.25, -0.2) is 0 Å². The number of hydrogen-bond acceptors (Lipinski definition) is 5. The minimum atomic E-state index is -0.720. The quantitative estimate of drug-likeness (QED) is 0.381. The summed E-state index contributed by atoms with van der Waals surface area (Å²) in [7, 11) is 1.97. The molecule has 0 radical (unpaired) electrons. The summed E-state index contributed by atoms with van der Waals surface area (Å²) in [6.45, 7) is 0. The second-order valence-electron chi connectivity index (χ2n) is 9.56. The fourth-order valence-corrected chi connectivity index (χ4v) is 4.74. The fourth-order valence-electron chi connectivity index (χ4n) is 4.74. The topological polar surface area (TPSA) is 116 Å². The predicted octanol–water partition coefficient (Wildman–Crippen LogP) is 5.29. The summed E-state index contributed by atoms with van der Waals surface area (Å²) in [5.74, 6) is -0.138. The molecule has 6 rings (SSSR count). The lowest BCUT2D eigenvalue weighted by Crippen LogP contribution is -2.19. The zero-order chi connectivity index (χ0) is 23.3. The van der Waals surface area contributed by atoms with Crippen LogP contribution in [-0.2, 0) is 23.7 Å². The lowest BCUT2D eigenvalue weighted by atomic mass is 9.93. The molecule has 2 saturated carbocycles. The molecule has 0 amide bonds. The van der Waals surface area contributed by atoms with Gasteiger partial charge in [-0.1, -0.05) is 48.5 Å². The van der Waals surface area contributed by atoms with Crippen molar-refractivity contribution in [1.29, 1.82) is 0 Å². The normalized spacial score (nSPS) is 15.9. The van der Waals surface area contributed by atoms with Crippen molar-refractivity contribution in [1.82, 2.24) is 25.9 Å². The molecular weight excluding hydrogens is 438 g/mol. The van der Waals surface area contributed by atoms with E-state index in [9.17, 15) is 9.90 Å². The molecule has 2 aliphatic rings. The summed E-state index contributed by atoms with van der Waals surface area (Å²) in [4.78, 5) is 20.8. The highest BCUT2D eigenvalue weighted by Crippen LogP contribution is 2.48. The first kappa shape index (κ1) is 22.9. The molecule has 2 aromatic carbocycles. The van der Waals surface area contributed by atoms with Crippen LogP contribution in [0.3, 0.4) is 0 Å². The van der Waals surface area contributed by atoms with E-state index in [4.69, 9.17) is 4.98 Å². The van der Waals surface area contributed by atoms with Crippen LogP contribution in [0.5, 0.6) is 0 Å². The Morgan fingerprint density at radius 3 is 2.20 bits per heavy atom. The number of carbonyl (C=O) groups is 1. The summed E-state index contributed by atoms with van der Waals surface area (Å²) in [6.07, 6.45) is 10.2. The molecule has 35 heavy (non-hydrogen) atoms. The van der Waals surface area contributed by atoms with E-state index in [0.717, 1.165) is 57.7 Å². The van der Waals surface area contributed by atoms with Crippen molar-refractivity contribution >= 4 is 5.97 Å². The Bertz CT molecular complexity index is 1370. The highest BCUT2D eigenvalue weighted by molar-refractivity contribution is 5.85. The number of aliphatic carboxylic acids is 1. The molecule has 0 unspecified atom stereocenters. The Morgan fingerprint density at radius 1 is 0.971 bits per heavy atom. The number of carboxylic acid groups (broad SMARTS) is 1. The molecule has 2 aromatic heterocycles. The molecule has 0 aliphatic heterocycles. The molecule has 7 heteroatoms. The minimum Gasteiger partial charge on any atom is -0.481 e. The number of aromatic nitrogens is 4. The van der Waals surface area contributed by atoms with E-state index in [0.29, 0.717) is 12.3 Å². The van der Waals surface area contributed by atoms with Gasteiger partial charge in [0, 0.05) is 37.3 Å². The van der Waals surface area contributed by atoms with Crippen LogP contribution < -0.4 is 6.15 Å². The van der Waals surface area contributed by atoms with Crippen molar-refractivity contribution < 1.29 is 9.90 Å². The van der Waals surface area contributed by atoms with Gasteiger partial charge in [0.2, 0.25) is 0 Å². The Morgan fingerprint density at radius 2 is 1.60 bits per heavy atom. The van der Waals surface area contributed by atoms with E-state index >= 15 is 0 Å². The van der Waals surface area contributed by atoms with Gasteiger partial charge in [-0.2, -0.15) is 5.10 Å². The molecule has 2 aliphatic carbocycles. The first-order chi connectivity index (χ1) is 16.5. The van der Waals surface area contributed by atoms with Crippen LogP contribution in [0.25, 0.3) is 22.3 Å². The van der Waals surface area contributed by atoms with E-state index in [1.165, 1.54) is 12.8 Å². The lowest BCUT2D eigenvalue weighted by Gasteiger charge is -2.11. The second-order valence-corrected chi connectivity index (χ2v) is 9.56. The zero-order valence-corrected chi connectivity index (χ0v) is 19.8. The average molecular weight is 468 g/mol. The molecule has 0 bridgehead atoms. The van der Waals surface area contributed by atoms with E-state index in [1.807, 2.05) is 54.6 Å². The zero-order valence-electron chi connectivity index (χ0n) is 19.8. The van der Waals surface area contributed by atoms with Crippen molar-refractivity contribution in [2.75, 3.05) is 0 Å². The molecule has 0 saturated heterocycles. The van der Waals surface area contributed by atoms with Crippen LogP contribution in [-0.4, -0.2) is 30.8 Å². The SMILES string of the molecule is Cn1ncc(-c2ccc(-c3ccc(C4(C(=O)O)CC4)cc3)cc2)c1Cc1cncc(C2CC2)n1.N. The third kappa shape index (κ3) is 4.23. The van der Waals surface area contributed by atoms with Gasteiger partial charge in [-0.15, -0.1) is 0 Å². The van der Waals surface area contributed by atoms with Gasteiger partial charge in [-0.05, 0) is 47.9 Å². The Hall–Kier alpha value is -3.84. The van der Waals surface area contributed by atoms with Crippen molar-refractivity contribution in [2.24, 2.45) is 7.05 Å². The van der Waals surface area contributed by atoms with E-state index < -0.39 is 11.4 Å². The summed E-state index contributed by atoms with van der Waals surface area (Å²) in [6, 6.07) is 16.4. The van der Waals surface area contributed by atoms with Gasteiger partial charge in [0.05, 0.1) is 28.7 Å². The smallest absolute Gasteiger partial charge is 0.314 e. The number of benzene rings is 2. The predicted molar refractivity (Wildman–Crippen MR) is 134 cm³/mol. The van der Waals surface area contributed by atoms with Crippen LogP contribution >= 0.6 is 0 Å². The van der Waals surface area contributed by atoms with Crippen molar-refractivity contribution in [3.05, 3.63) is 89.8 Å². The fraction of sp³-hybridized carbons (Fsp3) is 0.286. The number of aryl methyl sites for hydroxylation is 1. The Balaban J connectivity index is 0.00000253. The summed E-state index contributed by atoms with van der Waals surface area (Å²) < 4.78 is 1.92. The molecule has 7 nitrogen and oxygen atoms in total. The molecule has 2 fully saturated rings. The Labute approximate surface area is 204 Å². The highest BCUT2D eigenvalue weighted by Gasteiger charge is 2.51. The summed E-state index contributed by atoms with van der Waals surface area (Å²) in [5, 5.41) is 14.0. The molecule has 2 heterocycles. The monoisotopic (exact) mass is 467 g/mol. The van der Waals surface area contributed by atoms with Crippen LogP contribution in [0.4, 0.5) is 0 Å². The van der Waals surface area contributed by atoms with Crippen LogP contribution in [0.1, 0.15) is 54.2 Å². The minimum absolute atomic E-state index is 0. The third-order valence-corrected chi connectivity index (χ3v) is 7.23. The van der Waals surface area contributed by atoms with Crippen LogP contribution in [0.2, 0.25) is 0 Å². The lowest BCUT2D eigenvalue weighted by molar-refractivity contribution is -0.140. The van der Waals surface area contributed by atoms with Gasteiger partial charge in [0.15, 0.2) is 0 Å². The number of carboxylic acids is 1. The van der Waals surface area contributed by atoms with E-state index in [1.54, 1.807) is 0 Å². The molecule has 178 valence electrons. The van der Waals surface area contributed by atoms with Crippen LogP contribution in [0, 0.1) is 0 Å². The van der Waals surface area contributed by atoms with E-state index in [2.05, 4.69) is 34.3 Å². The first-order valence-electron chi connectivity index (χ1n) is 11.8. The van der Waals surface area contributed by atoms with Gasteiger partial charge < -0.3 is 11.3 Å². The average Bonchev–Trinajstić information content (AvgIpc) is 3.78. The van der Waals surface area contributed by atoms with Gasteiger partial charge >= 0.3 is 5.97 Å². The summed E-state index contributed by atoms with van der Waals surface area (Å²) in [5.41, 5.74) is 7.81. The molecule has 0 spiro atoms. The maximum atomic E-state index is 11.6. The number of rotatable bonds is 7. The van der Waals surface area contributed by atoms with E-state index in [-0.39, 0.29) is 6.15 Å². The number of nitrogens with zero attached hydrogens (tertiary/aromatic N) is 4. The van der Waals surface area contributed by atoms with Crippen molar-refractivity contribution in [2.45, 2.75) is 43.4 Å². The van der Waals surface area contributed by atoms with Crippen molar-refractivity contribution in [3.63, 3.8) is 0 Å². The van der Waals surface area contributed by atoms with Crippen LogP contribution in [0.15, 0.2) is 67.1 Å². The largest absolute Gasteiger partial charge is 0.481 e. The van der Waals surface area contributed by atoms with Crippen molar-refractivity contribution in [3.8, 4) is 22.3 Å². The summed E-state index contributed by atoms with van der Waals surface area (Å²) >= 11 is 0. The maximum Gasteiger partial charge on any atom is 0.314 e.